The Morgan fingerprint density at radius 2 is 1.69 bits per heavy atom. The van der Waals surface area contributed by atoms with Gasteiger partial charge >= 0.3 is 0 Å². The maximum Gasteiger partial charge on any atom is 0.0669 e. The molecule has 2 nitrogen and oxygen atoms in total. The van der Waals surface area contributed by atoms with E-state index in [9.17, 15) is 0 Å². The zero-order valence-electron chi connectivity index (χ0n) is 8.85. The number of fused-ring (bicyclic) bond motifs is 1. The maximum absolute atomic E-state index is 5.67. The first kappa shape index (κ1) is 9.16. The summed E-state index contributed by atoms with van der Waals surface area (Å²) in [5.74, 6) is 0. The number of benzene rings is 2. The number of para-hydroxylation sites is 1. The van der Waals surface area contributed by atoms with Crippen LogP contribution in [0, 0.1) is 0 Å². The second kappa shape index (κ2) is 3.49. The van der Waals surface area contributed by atoms with E-state index < -0.39 is 0 Å². The molecule has 0 spiro atoms. The molecule has 0 amide bonds. The molecule has 2 heteroatoms. The summed E-state index contributed by atoms with van der Waals surface area (Å²) in [5, 5.41) is 0. The Morgan fingerprint density at radius 3 is 2.44 bits per heavy atom. The fourth-order valence-corrected chi connectivity index (χ4v) is 1.98. The summed E-state index contributed by atoms with van der Waals surface area (Å²) < 4.78 is 0. The number of anilines is 1. The number of nitrogens with two attached hydrogens (primary N) is 1. The number of nitrogens with zero attached hydrogens (tertiary/aromatic N) is 1. The first-order chi connectivity index (χ1) is 7.83. The van der Waals surface area contributed by atoms with E-state index in [1.807, 2.05) is 30.3 Å². The summed E-state index contributed by atoms with van der Waals surface area (Å²) in [6.45, 7) is 0. The van der Waals surface area contributed by atoms with Crippen molar-refractivity contribution >= 4 is 17.1 Å². The zero-order chi connectivity index (χ0) is 11.0. The molecule has 0 saturated heterocycles. The number of hydrogen-bond donors (Lipinski definition) is 1. The van der Waals surface area contributed by atoms with Crippen molar-refractivity contribution in [3.63, 3.8) is 0 Å². The largest absolute Gasteiger partial charge is 0.399 e. The Balaban J connectivity index is 1.98. The van der Waals surface area contributed by atoms with Crippen molar-refractivity contribution in [2.75, 3.05) is 5.73 Å². The molecule has 0 fully saturated rings. The molecule has 16 heavy (non-hydrogen) atoms. The van der Waals surface area contributed by atoms with E-state index >= 15 is 0 Å². The monoisotopic (exact) mass is 208 g/mol. The first-order valence-electron chi connectivity index (χ1n) is 5.34. The van der Waals surface area contributed by atoms with Crippen molar-refractivity contribution in [1.29, 1.82) is 0 Å². The summed E-state index contributed by atoms with van der Waals surface area (Å²) >= 11 is 0. The predicted molar refractivity (Wildman–Crippen MR) is 67.2 cm³/mol. The molecule has 0 bridgehead atoms. The van der Waals surface area contributed by atoms with Gasteiger partial charge in [0, 0.05) is 12.1 Å². The summed E-state index contributed by atoms with van der Waals surface area (Å²) in [4.78, 5) is 4.63. The Morgan fingerprint density at radius 1 is 0.938 bits per heavy atom. The maximum atomic E-state index is 5.67. The van der Waals surface area contributed by atoms with E-state index in [0.717, 1.165) is 29.1 Å². The van der Waals surface area contributed by atoms with Gasteiger partial charge in [0.25, 0.3) is 0 Å². The van der Waals surface area contributed by atoms with E-state index in [2.05, 4.69) is 23.2 Å². The quantitative estimate of drug-likeness (QED) is 0.719. The van der Waals surface area contributed by atoms with Crippen LogP contribution in [0.15, 0.2) is 53.5 Å². The van der Waals surface area contributed by atoms with Crippen LogP contribution in [-0.4, -0.2) is 5.71 Å². The van der Waals surface area contributed by atoms with E-state index in [0.29, 0.717) is 0 Å². The van der Waals surface area contributed by atoms with Crippen molar-refractivity contribution in [3.05, 3.63) is 59.7 Å². The molecule has 0 aromatic heterocycles. The molecule has 3 rings (SSSR count). The Hall–Kier alpha value is -2.09. The van der Waals surface area contributed by atoms with E-state index in [-0.39, 0.29) is 0 Å². The third-order valence-corrected chi connectivity index (χ3v) is 2.85. The summed E-state index contributed by atoms with van der Waals surface area (Å²) in [6.07, 6.45) is 0.917. The van der Waals surface area contributed by atoms with Crippen LogP contribution in [0.1, 0.15) is 11.1 Å². The minimum Gasteiger partial charge on any atom is -0.399 e. The van der Waals surface area contributed by atoms with Crippen LogP contribution in [0.25, 0.3) is 0 Å². The average molecular weight is 208 g/mol. The Kier molecular flexibility index (Phi) is 2.00. The molecule has 2 N–H and O–H groups in total. The smallest absolute Gasteiger partial charge is 0.0669 e. The molecule has 0 unspecified atom stereocenters. The minimum atomic E-state index is 0.792. The molecule has 1 heterocycles. The van der Waals surface area contributed by atoms with Crippen molar-refractivity contribution in [1.82, 2.24) is 0 Å². The van der Waals surface area contributed by atoms with Gasteiger partial charge in [0.1, 0.15) is 0 Å². The minimum absolute atomic E-state index is 0.792. The predicted octanol–water partition coefficient (Wildman–Crippen LogP) is 2.95. The fraction of sp³-hybridized carbons (Fsp3) is 0.0714. The van der Waals surface area contributed by atoms with E-state index in [1.165, 1.54) is 5.56 Å². The summed E-state index contributed by atoms with van der Waals surface area (Å²) in [6, 6.07) is 16.2. The second-order valence-electron chi connectivity index (χ2n) is 3.99. The highest BCUT2D eigenvalue weighted by Gasteiger charge is 2.14. The zero-order valence-corrected chi connectivity index (χ0v) is 8.85. The fourth-order valence-electron chi connectivity index (χ4n) is 1.98. The molecular formula is C14H12N2. The summed E-state index contributed by atoms with van der Waals surface area (Å²) in [7, 11) is 0. The highest BCUT2D eigenvalue weighted by Crippen LogP contribution is 2.28. The van der Waals surface area contributed by atoms with Crippen LogP contribution in [0.5, 0.6) is 0 Å². The molecule has 1 aliphatic heterocycles. The van der Waals surface area contributed by atoms with Gasteiger partial charge in [0.05, 0.1) is 11.4 Å². The highest BCUT2D eigenvalue weighted by atomic mass is 14.8. The van der Waals surface area contributed by atoms with Gasteiger partial charge in [-0.25, -0.2) is 0 Å². The van der Waals surface area contributed by atoms with Crippen molar-refractivity contribution in [3.8, 4) is 0 Å². The van der Waals surface area contributed by atoms with Gasteiger partial charge in [-0.15, -0.1) is 0 Å². The van der Waals surface area contributed by atoms with Crippen LogP contribution < -0.4 is 5.73 Å². The lowest BCUT2D eigenvalue weighted by Crippen LogP contribution is -2.00. The standard InChI is InChI=1S/C14H12N2/c15-12-7-5-10(6-8-12)14-9-11-3-1-2-4-13(11)16-14/h1-8H,9,15H2. The van der Waals surface area contributed by atoms with Crippen LogP contribution in [-0.2, 0) is 6.42 Å². The second-order valence-corrected chi connectivity index (χ2v) is 3.99. The molecule has 78 valence electrons. The van der Waals surface area contributed by atoms with E-state index in [4.69, 9.17) is 5.73 Å². The van der Waals surface area contributed by atoms with Gasteiger partial charge in [-0.3, -0.25) is 4.99 Å². The lowest BCUT2D eigenvalue weighted by molar-refractivity contribution is 1.39. The number of rotatable bonds is 1. The van der Waals surface area contributed by atoms with Crippen molar-refractivity contribution in [2.24, 2.45) is 4.99 Å². The molecule has 2 aromatic rings. The highest BCUT2D eigenvalue weighted by molar-refractivity contribution is 6.06. The van der Waals surface area contributed by atoms with Crippen molar-refractivity contribution in [2.45, 2.75) is 6.42 Å². The molecular weight excluding hydrogens is 196 g/mol. The van der Waals surface area contributed by atoms with Crippen LogP contribution in [0.4, 0.5) is 11.4 Å². The number of aliphatic imine (C=N–C) groups is 1. The lowest BCUT2D eigenvalue weighted by Gasteiger charge is -2.00. The molecule has 0 aliphatic carbocycles. The number of hydrogen-bond acceptors (Lipinski definition) is 2. The van der Waals surface area contributed by atoms with Gasteiger partial charge in [-0.2, -0.15) is 0 Å². The molecule has 1 aliphatic rings. The topological polar surface area (TPSA) is 38.4 Å². The Bertz CT molecular complexity index is 553. The van der Waals surface area contributed by atoms with Gasteiger partial charge in [0.15, 0.2) is 0 Å². The van der Waals surface area contributed by atoms with E-state index in [1.54, 1.807) is 0 Å². The number of nitrogen functional groups attached to an aromatic ring is 1. The molecule has 0 saturated carbocycles. The molecule has 2 aromatic carbocycles. The molecule has 0 atom stereocenters. The lowest BCUT2D eigenvalue weighted by atomic mass is 10.0. The van der Waals surface area contributed by atoms with Gasteiger partial charge < -0.3 is 5.73 Å². The third kappa shape index (κ3) is 1.48. The van der Waals surface area contributed by atoms with Crippen LogP contribution in [0.2, 0.25) is 0 Å². The van der Waals surface area contributed by atoms with Crippen LogP contribution in [0.3, 0.4) is 0 Å². The van der Waals surface area contributed by atoms with Crippen molar-refractivity contribution < 1.29 is 0 Å². The van der Waals surface area contributed by atoms with Crippen LogP contribution >= 0.6 is 0 Å². The first-order valence-corrected chi connectivity index (χ1v) is 5.34. The molecule has 0 radical (unpaired) electrons. The summed E-state index contributed by atoms with van der Waals surface area (Å²) in [5.41, 5.74) is 11.1. The third-order valence-electron chi connectivity index (χ3n) is 2.85. The van der Waals surface area contributed by atoms with Gasteiger partial charge in [-0.05, 0) is 29.3 Å². The average Bonchev–Trinajstić information content (AvgIpc) is 2.73. The Labute approximate surface area is 94.4 Å². The van der Waals surface area contributed by atoms with Gasteiger partial charge in [0.2, 0.25) is 0 Å². The normalized spacial score (nSPS) is 13.4. The van der Waals surface area contributed by atoms with Gasteiger partial charge in [-0.1, -0.05) is 30.3 Å². The SMILES string of the molecule is Nc1ccc(C2=Nc3ccccc3C2)cc1.